The van der Waals surface area contributed by atoms with E-state index in [-0.39, 0.29) is 6.09 Å². The van der Waals surface area contributed by atoms with Crippen LogP contribution in [-0.4, -0.2) is 41.2 Å². The lowest BCUT2D eigenvalue weighted by Gasteiger charge is -2.39. The van der Waals surface area contributed by atoms with Crippen LogP contribution in [0.4, 0.5) is 9.18 Å². The number of nitrogens with zero attached hydrogens (tertiary/aromatic N) is 2. The van der Waals surface area contributed by atoms with Gasteiger partial charge in [-0.25, -0.2) is 9.78 Å². The molecular weight excluding hydrogens is 273 g/mol. The molecule has 6 heteroatoms. The lowest BCUT2D eigenvalue weighted by atomic mass is 10.0. The number of ether oxygens (including phenoxy) is 1. The van der Waals surface area contributed by atoms with Gasteiger partial charge in [0.25, 0.3) is 0 Å². The predicted octanol–water partition coefficient (Wildman–Crippen LogP) is 2.18. The topological polar surface area (TPSA) is 54.5 Å². The van der Waals surface area contributed by atoms with Crippen LogP contribution in [0.1, 0.15) is 26.3 Å². The van der Waals surface area contributed by atoms with Crippen molar-refractivity contribution in [2.24, 2.45) is 5.92 Å². The molecule has 1 aliphatic rings. The highest BCUT2D eigenvalue weighted by molar-refractivity contribution is 5.69. The number of rotatable bonds is 4. The van der Waals surface area contributed by atoms with Crippen molar-refractivity contribution < 1.29 is 13.9 Å². The third kappa shape index (κ3) is 4.67. The summed E-state index contributed by atoms with van der Waals surface area (Å²) in [4.78, 5) is 17.0. The number of halogens is 1. The highest BCUT2D eigenvalue weighted by atomic mass is 19.1. The molecule has 0 atom stereocenters. The van der Waals surface area contributed by atoms with Crippen molar-refractivity contribution >= 4 is 6.09 Å². The van der Waals surface area contributed by atoms with Gasteiger partial charge in [-0.1, -0.05) is 6.07 Å². The average molecular weight is 295 g/mol. The van der Waals surface area contributed by atoms with Crippen LogP contribution in [-0.2, 0) is 11.3 Å². The van der Waals surface area contributed by atoms with Crippen LogP contribution >= 0.6 is 0 Å². The SMILES string of the molecule is CC(C)(C)OC(=O)N1CC(CNCc2cccnc2F)C1. The number of carbonyl (C=O) groups is 1. The van der Waals surface area contributed by atoms with E-state index in [1.807, 2.05) is 20.8 Å². The maximum absolute atomic E-state index is 13.3. The number of hydrogen-bond acceptors (Lipinski definition) is 4. The minimum atomic E-state index is -0.460. The third-order valence-electron chi connectivity index (χ3n) is 3.19. The molecule has 2 heterocycles. The van der Waals surface area contributed by atoms with Crippen molar-refractivity contribution in [3.05, 3.63) is 29.8 Å². The second kappa shape index (κ2) is 6.39. The Morgan fingerprint density at radius 2 is 2.24 bits per heavy atom. The van der Waals surface area contributed by atoms with Gasteiger partial charge in [-0.15, -0.1) is 0 Å². The van der Waals surface area contributed by atoms with Crippen molar-refractivity contribution in [1.29, 1.82) is 0 Å². The molecule has 1 N–H and O–H groups in total. The first-order valence-corrected chi connectivity index (χ1v) is 7.13. The Bertz CT molecular complexity index is 496. The van der Waals surface area contributed by atoms with Crippen molar-refractivity contribution in [1.82, 2.24) is 15.2 Å². The number of aromatic nitrogens is 1. The summed E-state index contributed by atoms with van der Waals surface area (Å²) in [6.07, 6.45) is 1.17. The van der Waals surface area contributed by atoms with Crippen molar-refractivity contribution in [3.63, 3.8) is 0 Å². The van der Waals surface area contributed by atoms with Crippen molar-refractivity contribution in [2.75, 3.05) is 19.6 Å². The zero-order valence-electron chi connectivity index (χ0n) is 12.7. The summed E-state index contributed by atoms with van der Waals surface area (Å²) in [7, 11) is 0. The molecule has 1 saturated heterocycles. The van der Waals surface area contributed by atoms with E-state index >= 15 is 0 Å². The van der Waals surface area contributed by atoms with Crippen LogP contribution in [0.2, 0.25) is 0 Å². The van der Waals surface area contributed by atoms with E-state index in [1.165, 1.54) is 6.20 Å². The van der Waals surface area contributed by atoms with Gasteiger partial charge in [0.15, 0.2) is 0 Å². The number of carbonyl (C=O) groups excluding carboxylic acids is 1. The fourth-order valence-electron chi connectivity index (χ4n) is 2.14. The van der Waals surface area contributed by atoms with E-state index in [1.54, 1.807) is 17.0 Å². The van der Waals surface area contributed by atoms with Gasteiger partial charge in [-0.2, -0.15) is 4.39 Å². The van der Waals surface area contributed by atoms with Gasteiger partial charge in [0.1, 0.15) is 5.60 Å². The molecule has 1 amide bonds. The van der Waals surface area contributed by atoms with Crippen LogP contribution in [0.3, 0.4) is 0 Å². The molecule has 0 aromatic carbocycles. The van der Waals surface area contributed by atoms with Gasteiger partial charge in [-0.3, -0.25) is 0 Å². The first kappa shape index (κ1) is 15.7. The average Bonchev–Trinajstić information content (AvgIpc) is 2.31. The Morgan fingerprint density at radius 1 is 1.52 bits per heavy atom. The Morgan fingerprint density at radius 3 is 2.86 bits per heavy atom. The number of hydrogen-bond donors (Lipinski definition) is 1. The smallest absolute Gasteiger partial charge is 0.410 e. The van der Waals surface area contributed by atoms with Gasteiger partial charge in [-0.05, 0) is 26.8 Å². The van der Waals surface area contributed by atoms with E-state index in [0.717, 1.165) is 6.54 Å². The number of pyridine rings is 1. The lowest BCUT2D eigenvalue weighted by Crippen LogP contribution is -2.54. The van der Waals surface area contributed by atoms with Crippen LogP contribution < -0.4 is 5.32 Å². The van der Waals surface area contributed by atoms with Crippen LogP contribution in [0.15, 0.2) is 18.3 Å². The summed E-state index contributed by atoms with van der Waals surface area (Å²) in [6.45, 7) is 8.11. The van der Waals surface area contributed by atoms with Gasteiger partial charge in [0, 0.05) is 43.9 Å². The summed E-state index contributed by atoms with van der Waals surface area (Å²) < 4.78 is 18.6. The monoisotopic (exact) mass is 295 g/mol. The van der Waals surface area contributed by atoms with Crippen LogP contribution in [0.25, 0.3) is 0 Å². The fraction of sp³-hybridized carbons (Fsp3) is 0.600. The fourth-order valence-corrected chi connectivity index (χ4v) is 2.14. The van der Waals surface area contributed by atoms with E-state index < -0.39 is 11.5 Å². The molecule has 5 nitrogen and oxygen atoms in total. The third-order valence-corrected chi connectivity index (χ3v) is 3.19. The molecule has 1 fully saturated rings. The molecule has 0 saturated carbocycles. The zero-order chi connectivity index (χ0) is 15.5. The minimum Gasteiger partial charge on any atom is -0.444 e. The normalized spacial score (nSPS) is 15.7. The van der Waals surface area contributed by atoms with Crippen molar-refractivity contribution in [2.45, 2.75) is 32.9 Å². The Kier molecular flexibility index (Phi) is 4.77. The largest absolute Gasteiger partial charge is 0.444 e. The number of amides is 1. The van der Waals surface area contributed by atoms with Crippen molar-refractivity contribution in [3.8, 4) is 0 Å². The Balaban J connectivity index is 1.65. The summed E-state index contributed by atoms with van der Waals surface area (Å²) >= 11 is 0. The molecule has 1 aliphatic heterocycles. The maximum atomic E-state index is 13.3. The van der Waals surface area contributed by atoms with E-state index in [0.29, 0.717) is 31.1 Å². The molecule has 0 aliphatic carbocycles. The molecule has 2 rings (SSSR count). The van der Waals surface area contributed by atoms with E-state index in [9.17, 15) is 9.18 Å². The molecule has 0 spiro atoms. The second-order valence-corrected chi connectivity index (χ2v) is 6.34. The second-order valence-electron chi connectivity index (χ2n) is 6.34. The molecule has 0 radical (unpaired) electrons. The summed E-state index contributed by atoms with van der Waals surface area (Å²) in [5.41, 5.74) is 0.0963. The van der Waals surface area contributed by atoms with Gasteiger partial charge in [0.2, 0.25) is 5.95 Å². The number of nitrogens with one attached hydrogen (secondary N) is 1. The summed E-state index contributed by atoms with van der Waals surface area (Å²) in [5, 5.41) is 3.19. The summed E-state index contributed by atoms with van der Waals surface area (Å²) in [5.74, 6) is -0.0498. The maximum Gasteiger partial charge on any atom is 0.410 e. The first-order chi connectivity index (χ1) is 9.85. The van der Waals surface area contributed by atoms with E-state index in [2.05, 4.69) is 10.3 Å². The molecule has 0 bridgehead atoms. The highest BCUT2D eigenvalue weighted by Crippen LogP contribution is 2.19. The van der Waals surface area contributed by atoms with Crippen LogP contribution in [0, 0.1) is 11.9 Å². The van der Waals surface area contributed by atoms with Crippen LogP contribution in [0.5, 0.6) is 0 Å². The molecule has 1 aromatic rings. The van der Waals surface area contributed by atoms with Gasteiger partial charge in [0.05, 0.1) is 0 Å². The summed E-state index contributed by atoms with van der Waals surface area (Å²) in [6, 6.07) is 3.43. The molecule has 116 valence electrons. The van der Waals surface area contributed by atoms with Gasteiger partial charge >= 0.3 is 6.09 Å². The lowest BCUT2D eigenvalue weighted by molar-refractivity contribution is -0.000802. The predicted molar refractivity (Wildman–Crippen MR) is 77.2 cm³/mol. The molecule has 1 aromatic heterocycles. The Hall–Kier alpha value is -1.69. The molecule has 0 unspecified atom stereocenters. The first-order valence-electron chi connectivity index (χ1n) is 7.13. The standard InChI is InChI=1S/C15H22FN3O2/c1-15(2,3)21-14(20)19-9-11(10-19)7-17-8-12-5-4-6-18-13(12)16/h4-6,11,17H,7-10H2,1-3H3. The minimum absolute atomic E-state index is 0.267. The zero-order valence-corrected chi connectivity index (χ0v) is 12.7. The Labute approximate surface area is 124 Å². The number of likely N-dealkylation sites (tertiary alicyclic amines) is 1. The molecule has 21 heavy (non-hydrogen) atoms. The molecular formula is C15H22FN3O2. The quantitative estimate of drug-likeness (QED) is 0.865. The highest BCUT2D eigenvalue weighted by Gasteiger charge is 2.33. The van der Waals surface area contributed by atoms with Gasteiger partial charge < -0.3 is 15.0 Å². The van der Waals surface area contributed by atoms with E-state index in [4.69, 9.17) is 4.74 Å².